The van der Waals surface area contributed by atoms with Gasteiger partial charge in [-0.1, -0.05) is 18.2 Å². The second-order valence-electron chi connectivity index (χ2n) is 4.58. The minimum absolute atomic E-state index is 0.175. The number of rotatable bonds is 5. The molecule has 0 unspecified atom stereocenters. The Morgan fingerprint density at radius 2 is 2.05 bits per heavy atom. The van der Waals surface area contributed by atoms with Crippen molar-refractivity contribution in [1.29, 1.82) is 5.41 Å². The van der Waals surface area contributed by atoms with Gasteiger partial charge in [-0.05, 0) is 46.6 Å². The number of aryl methyl sites for hydroxylation is 1. The molecule has 0 saturated heterocycles. The van der Waals surface area contributed by atoms with Gasteiger partial charge in [0.2, 0.25) is 0 Å². The van der Waals surface area contributed by atoms with Gasteiger partial charge in [-0.25, -0.2) is 4.98 Å². The van der Waals surface area contributed by atoms with Gasteiger partial charge in [-0.15, -0.1) is 0 Å². The molecule has 1 aromatic heterocycles. The monoisotopic (exact) mass is 332 g/mol. The lowest BCUT2D eigenvalue weighted by molar-refractivity contribution is 0.927. The van der Waals surface area contributed by atoms with E-state index in [1.807, 2.05) is 49.5 Å². The molecule has 2 aromatic rings. The van der Waals surface area contributed by atoms with Crippen molar-refractivity contribution in [2.45, 2.75) is 13.3 Å². The molecule has 1 aromatic carbocycles. The first kappa shape index (κ1) is 14.5. The molecule has 0 aliphatic rings. The molecule has 1 heterocycles. The number of hydrogen-bond acceptors (Lipinski definition) is 3. The number of para-hydroxylation sites is 1. The van der Waals surface area contributed by atoms with Crippen LogP contribution in [-0.2, 0) is 0 Å². The minimum atomic E-state index is 0.175. The lowest BCUT2D eigenvalue weighted by Crippen LogP contribution is -2.24. The maximum absolute atomic E-state index is 7.42. The topological polar surface area (TPSA) is 66.0 Å². The third-order valence-electron chi connectivity index (χ3n) is 2.89. The molecule has 0 fully saturated rings. The third kappa shape index (κ3) is 3.57. The fourth-order valence-electron chi connectivity index (χ4n) is 1.92. The Hall–Kier alpha value is -1.88. The van der Waals surface area contributed by atoms with E-state index in [4.69, 9.17) is 11.1 Å². The van der Waals surface area contributed by atoms with Gasteiger partial charge in [0.25, 0.3) is 0 Å². The van der Waals surface area contributed by atoms with Gasteiger partial charge in [-0.2, -0.15) is 0 Å². The summed E-state index contributed by atoms with van der Waals surface area (Å²) in [5.74, 6) is 1.01. The first-order valence-corrected chi connectivity index (χ1v) is 7.15. The van der Waals surface area contributed by atoms with Crippen molar-refractivity contribution in [2.75, 3.05) is 11.4 Å². The zero-order chi connectivity index (χ0) is 14.5. The number of halogens is 1. The van der Waals surface area contributed by atoms with Crippen molar-refractivity contribution < 1.29 is 0 Å². The van der Waals surface area contributed by atoms with Crippen molar-refractivity contribution in [3.8, 4) is 0 Å². The fraction of sp³-hybridized carbons (Fsp3) is 0.200. The lowest BCUT2D eigenvalue weighted by atomic mass is 10.2. The number of amidine groups is 1. The van der Waals surface area contributed by atoms with Crippen LogP contribution in [0.1, 0.15) is 12.0 Å². The summed E-state index contributed by atoms with van der Waals surface area (Å²) in [6.07, 6.45) is 2.33. The number of pyridine rings is 1. The van der Waals surface area contributed by atoms with Gasteiger partial charge in [0.15, 0.2) is 0 Å². The zero-order valence-corrected chi connectivity index (χ0v) is 12.9. The van der Waals surface area contributed by atoms with Crippen LogP contribution in [0.3, 0.4) is 0 Å². The molecule has 0 aliphatic carbocycles. The number of nitrogens with two attached hydrogens (primary N) is 1. The molecule has 3 N–H and O–H groups in total. The van der Waals surface area contributed by atoms with Crippen LogP contribution in [0.2, 0.25) is 0 Å². The van der Waals surface area contributed by atoms with E-state index >= 15 is 0 Å². The number of anilines is 2. The van der Waals surface area contributed by atoms with E-state index in [0.717, 1.165) is 21.5 Å². The maximum atomic E-state index is 7.42. The van der Waals surface area contributed by atoms with E-state index in [1.165, 1.54) is 0 Å². The zero-order valence-electron chi connectivity index (χ0n) is 11.3. The molecular weight excluding hydrogens is 316 g/mol. The van der Waals surface area contributed by atoms with Crippen LogP contribution in [0.25, 0.3) is 0 Å². The Labute approximate surface area is 127 Å². The Morgan fingerprint density at radius 3 is 2.65 bits per heavy atom. The molecule has 0 atom stereocenters. The molecule has 0 radical (unpaired) electrons. The van der Waals surface area contributed by atoms with Crippen LogP contribution in [0.15, 0.2) is 47.1 Å². The summed E-state index contributed by atoms with van der Waals surface area (Å²) >= 11 is 3.56. The van der Waals surface area contributed by atoms with Crippen molar-refractivity contribution in [3.05, 3.63) is 52.6 Å². The molecule has 4 nitrogen and oxygen atoms in total. The number of aromatic nitrogens is 1. The van der Waals surface area contributed by atoms with Crippen LogP contribution >= 0.6 is 15.9 Å². The second-order valence-corrected chi connectivity index (χ2v) is 5.43. The first-order valence-electron chi connectivity index (χ1n) is 6.35. The van der Waals surface area contributed by atoms with E-state index < -0.39 is 0 Å². The smallest absolute Gasteiger partial charge is 0.147 e. The largest absolute Gasteiger partial charge is 0.388 e. The minimum Gasteiger partial charge on any atom is -0.388 e. The number of benzene rings is 1. The highest BCUT2D eigenvalue weighted by Crippen LogP contribution is 2.30. The van der Waals surface area contributed by atoms with Crippen molar-refractivity contribution >= 4 is 33.3 Å². The number of nitrogens with one attached hydrogen (secondary N) is 1. The predicted octanol–water partition coefficient (Wildman–Crippen LogP) is 3.62. The molecule has 0 spiro atoms. The summed E-state index contributed by atoms with van der Waals surface area (Å²) in [7, 11) is 0. The highest BCUT2D eigenvalue weighted by molar-refractivity contribution is 9.10. The Bertz CT molecular complexity index is 598. The molecule has 2 rings (SSSR count). The van der Waals surface area contributed by atoms with Crippen LogP contribution < -0.4 is 10.6 Å². The van der Waals surface area contributed by atoms with E-state index in [9.17, 15) is 0 Å². The molecule has 0 aliphatic heterocycles. The molecule has 0 amide bonds. The lowest BCUT2D eigenvalue weighted by Gasteiger charge is -2.25. The average molecular weight is 333 g/mol. The molecule has 104 valence electrons. The number of hydrogen-bond donors (Lipinski definition) is 2. The van der Waals surface area contributed by atoms with Gasteiger partial charge < -0.3 is 10.6 Å². The standard InChI is InChI=1S/C15H17BrN4/c1-11-9-13(16)15(19-10-11)20(8-7-14(17)18)12-5-3-2-4-6-12/h2-6,9-10H,7-8H2,1H3,(H3,17,18). The van der Waals surface area contributed by atoms with Crippen LogP contribution in [0.5, 0.6) is 0 Å². The van der Waals surface area contributed by atoms with E-state index in [1.54, 1.807) is 0 Å². The molecule has 0 bridgehead atoms. The Balaban J connectivity index is 2.37. The quantitative estimate of drug-likeness (QED) is 0.649. The van der Waals surface area contributed by atoms with Gasteiger partial charge >= 0.3 is 0 Å². The second kappa shape index (κ2) is 6.52. The van der Waals surface area contributed by atoms with Crippen molar-refractivity contribution in [3.63, 3.8) is 0 Å². The summed E-state index contributed by atoms with van der Waals surface area (Å²) in [6.45, 7) is 2.62. The molecule has 20 heavy (non-hydrogen) atoms. The van der Waals surface area contributed by atoms with Gasteiger partial charge in [0, 0.05) is 24.8 Å². The fourth-order valence-corrected chi connectivity index (χ4v) is 2.60. The van der Waals surface area contributed by atoms with Gasteiger partial charge in [-0.3, -0.25) is 5.41 Å². The van der Waals surface area contributed by atoms with E-state index in [0.29, 0.717) is 13.0 Å². The normalized spacial score (nSPS) is 10.3. The first-order chi connectivity index (χ1) is 9.58. The van der Waals surface area contributed by atoms with Crippen molar-refractivity contribution in [1.82, 2.24) is 4.98 Å². The predicted molar refractivity (Wildman–Crippen MR) is 86.7 cm³/mol. The average Bonchev–Trinajstić information content (AvgIpc) is 2.42. The van der Waals surface area contributed by atoms with Crippen molar-refractivity contribution in [2.24, 2.45) is 5.73 Å². The van der Waals surface area contributed by atoms with Crippen LogP contribution in [0, 0.1) is 12.3 Å². The summed E-state index contributed by atoms with van der Waals surface area (Å²) in [5.41, 5.74) is 7.61. The summed E-state index contributed by atoms with van der Waals surface area (Å²) in [6, 6.07) is 12.0. The highest BCUT2D eigenvalue weighted by Gasteiger charge is 2.14. The van der Waals surface area contributed by atoms with Crippen LogP contribution in [-0.4, -0.2) is 17.4 Å². The summed E-state index contributed by atoms with van der Waals surface area (Å²) in [5, 5.41) is 7.42. The highest BCUT2D eigenvalue weighted by atomic mass is 79.9. The molecular formula is C15H17BrN4. The molecule has 5 heteroatoms. The SMILES string of the molecule is Cc1cnc(N(CCC(=N)N)c2ccccc2)c(Br)c1. The Kier molecular flexibility index (Phi) is 4.74. The van der Waals surface area contributed by atoms with E-state index in [2.05, 4.69) is 25.8 Å². The van der Waals surface area contributed by atoms with E-state index in [-0.39, 0.29) is 5.84 Å². The summed E-state index contributed by atoms with van der Waals surface area (Å²) in [4.78, 5) is 6.56. The van der Waals surface area contributed by atoms with Gasteiger partial charge in [0.05, 0.1) is 10.3 Å². The Morgan fingerprint density at radius 1 is 1.35 bits per heavy atom. The molecule has 0 saturated carbocycles. The van der Waals surface area contributed by atoms with Crippen LogP contribution in [0.4, 0.5) is 11.5 Å². The third-order valence-corrected chi connectivity index (χ3v) is 3.47. The van der Waals surface area contributed by atoms with Gasteiger partial charge in [0.1, 0.15) is 5.82 Å². The number of nitrogens with zero attached hydrogens (tertiary/aromatic N) is 2. The maximum Gasteiger partial charge on any atom is 0.147 e. The summed E-state index contributed by atoms with van der Waals surface area (Å²) < 4.78 is 0.935.